The number of carboxylic acid groups (broad SMARTS) is 1. The van der Waals surface area contributed by atoms with Gasteiger partial charge < -0.3 is 10.0 Å². The van der Waals surface area contributed by atoms with Gasteiger partial charge in [-0.15, -0.1) is 0 Å². The molecule has 1 N–H and O–H groups in total. The van der Waals surface area contributed by atoms with Crippen molar-refractivity contribution in [1.82, 2.24) is 0 Å². The average Bonchev–Trinajstić information content (AvgIpc) is 2.55. The van der Waals surface area contributed by atoms with Crippen molar-refractivity contribution in [3.8, 4) is 6.07 Å². The van der Waals surface area contributed by atoms with E-state index < -0.39 is 11.9 Å². The molecule has 1 unspecified atom stereocenters. The molecule has 0 saturated carbocycles. The van der Waals surface area contributed by atoms with Gasteiger partial charge in [-0.3, -0.25) is 4.79 Å². The molecule has 0 radical (unpaired) electrons. The number of rotatable bonds is 6. The minimum Gasteiger partial charge on any atom is -0.481 e. The van der Waals surface area contributed by atoms with Crippen molar-refractivity contribution in [2.24, 2.45) is 5.92 Å². The molecule has 0 aromatic heterocycles. The van der Waals surface area contributed by atoms with Crippen LogP contribution in [-0.4, -0.2) is 17.6 Å². The molecule has 0 aliphatic carbocycles. The number of carbonyl (C=O) groups is 1. The van der Waals surface area contributed by atoms with Gasteiger partial charge in [0.05, 0.1) is 17.2 Å². The van der Waals surface area contributed by atoms with Gasteiger partial charge in [-0.05, 0) is 17.7 Å². The van der Waals surface area contributed by atoms with Crippen molar-refractivity contribution in [2.45, 2.75) is 13.5 Å². The van der Waals surface area contributed by atoms with E-state index in [4.69, 9.17) is 0 Å². The first-order valence-corrected chi connectivity index (χ1v) is 7.12. The number of aliphatic carboxylic acids is 1. The van der Waals surface area contributed by atoms with E-state index in [0.29, 0.717) is 18.7 Å². The second-order valence-electron chi connectivity index (χ2n) is 5.23. The number of hydrogen-bond donors (Lipinski definition) is 1. The molecule has 0 aliphatic heterocycles. The minimum atomic E-state index is -0.840. The van der Waals surface area contributed by atoms with E-state index in [9.17, 15) is 15.2 Å². The maximum absolute atomic E-state index is 11.2. The van der Waals surface area contributed by atoms with Crippen molar-refractivity contribution in [1.29, 1.82) is 5.26 Å². The van der Waals surface area contributed by atoms with Gasteiger partial charge in [-0.1, -0.05) is 49.4 Å². The highest BCUT2D eigenvalue weighted by Crippen LogP contribution is 2.23. The predicted molar refractivity (Wildman–Crippen MR) is 85.4 cm³/mol. The van der Waals surface area contributed by atoms with Crippen LogP contribution in [0.4, 0.5) is 5.69 Å². The summed E-state index contributed by atoms with van der Waals surface area (Å²) < 4.78 is 0. The maximum Gasteiger partial charge on any atom is 0.308 e. The Balaban J connectivity index is 2.32. The smallest absolute Gasteiger partial charge is 0.308 e. The Hall–Kier alpha value is -2.80. The standard InChI is InChI=1S/C18H18N2O2/c1-14(18(21)22)12-20(13-15-7-3-2-4-8-15)17-10-6-5-9-16(17)11-19/h2-10,14H,12-13H2,1H3,(H,21,22). The first-order chi connectivity index (χ1) is 10.6. The SMILES string of the molecule is CC(CN(Cc1ccccc1)c1ccccc1C#N)C(=O)O. The monoisotopic (exact) mass is 294 g/mol. The number of para-hydroxylation sites is 1. The van der Waals surface area contributed by atoms with E-state index in [2.05, 4.69) is 6.07 Å². The molecular formula is C18H18N2O2. The van der Waals surface area contributed by atoms with Crippen molar-refractivity contribution >= 4 is 11.7 Å². The number of nitriles is 1. The molecule has 2 rings (SSSR count). The number of nitrogens with zero attached hydrogens (tertiary/aromatic N) is 2. The maximum atomic E-state index is 11.2. The van der Waals surface area contributed by atoms with Crippen LogP contribution in [0, 0.1) is 17.2 Å². The number of hydrogen-bond acceptors (Lipinski definition) is 3. The van der Waals surface area contributed by atoms with Crippen molar-refractivity contribution in [2.75, 3.05) is 11.4 Å². The highest BCUT2D eigenvalue weighted by Gasteiger charge is 2.18. The van der Waals surface area contributed by atoms with E-state index in [1.165, 1.54) is 0 Å². The Morgan fingerprint density at radius 3 is 2.45 bits per heavy atom. The zero-order valence-electron chi connectivity index (χ0n) is 12.4. The molecule has 0 amide bonds. The molecular weight excluding hydrogens is 276 g/mol. The van der Waals surface area contributed by atoms with E-state index >= 15 is 0 Å². The molecule has 0 heterocycles. The van der Waals surface area contributed by atoms with E-state index in [0.717, 1.165) is 11.3 Å². The van der Waals surface area contributed by atoms with Crippen LogP contribution in [-0.2, 0) is 11.3 Å². The minimum absolute atomic E-state index is 0.350. The summed E-state index contributed by atoms with van der Waals surface area (Å²) in [4.78, 5) is 13.1. The van der Waals surface area contributed by atoms with Crippen LogP contribution >= 0.6 is 0 Å². The van der Waals surface area contributed by atoms with Gasteiger partial charge in [0.25, 0.3) is 0 Å². The lowest BCUT2D eigenvalue weighted by molar-refractivity contribution is -0.140. The quantitative estimate of drug-likeness (QED) is 0.888. The lowest BCUT2D eigenvalue weighted by atomic mass is 10.1. The van der Waals surface area contributed by atoms with Crippen LogP contribution in [0.15, 0.2) is 54.6 Å². The molecule has 0 aliphatic rings. The molecule has 0 fully saturated rings. The van der Waals surface area contributed by atoms with Gasteiger partial charge in [0.15, 0.2) is 0 Å². The first kappa shape index (κ1) is 15.6. The van der Waals surface area contributed by atoms with E-state index in [1.807, 2.05) is 53.4 Å². The molecule has 2 aromatic carbocycles. The summed E-state index contributed by atoms with van der Waals surface area (Å²) in [5.41, 5.74) is 2.39. The van der Waals surface area contributed by atoms with Gasteiger partial charge in [0, 0.05) is 13.1 Å². The zero-order chi connectivity index (χ0) is 15.9. The highest BCUT2D eigenvalue weighted by atomic mass is 16.4. The van der Waals surface area contributed by atoms with Gasteiger partial charge >= 0.3 is 5.97 Å². The topological polar surface area (TPSA) is 64.3 Å². The van der Waals surface area contributed by atoms with E-state index in [-0.39, 0.29) is 0 Å². The van der Waals surface area contributed by atoms with Crippen LogP contribution < -0.4 is 4.90 Å². The Bertz CT molecular complexity index is 677. The molecule has 0 bridgehead atoms. The summed E-state index contributed by atoms with van der Waals surface area (Å²) in [6.07, 6.45) is 0. The van der Waals surface area contributed by atoms with Crippen molar-refractivity contribution in [3.63, 3.8) is 0 Å². The fourth-order valence-electron chi connectivity index (χ4n) is 2.30. The largest absolute Gasteiger partial charge is 0.481 e. The second-order valence-corrected chi connectivity index (χ2v) is 5.23. The molecule has 0 spiro atoms. The number of carboxylic acids is 1. The third-order valence-corrected chi connectivity index (χ3v) is 3.50. The molecule has 2 aromatic rings. The van der Waals surface area contributed by atoms with Crippen LogP contribution in [0.1, 0.15) is 18.1 Å². The predicted octanol–water partition coefficient (Wildman–Crippen LogP) is 3.29. The van der Waals surface area contributed by atoms with Gasteiger partial charge in [-0.25, -0.2) is 0 Å². The molecule has 112 valence electrons. The third kappa shape index (κ3) is 3.86. The zero-order valence-corrected chi connectivity index (χ0v) is 12.4. The van der Waals surface area contributed by atoms with Crippen LogP contribution in [0.3, 0.4) is 0 Å². The van der Waals surface area contributed by atoms with Crippen LogP contribution in [0.5, 0.6) is 0 Å². The fraction of sp³-hybridized carbons (Fsp3) is 0.222. The molecule has 4 heteroatoms. The lowest BCUT2D eigenvalue weighted by Gasteiger charge is -2.27. The molecule has 1 atom stereocenters. The normalized spacial score (nSPS) is 11.5. The fourth-order valence-corrected chi connectivity index (χ4v) is 2.30. The van der Waals surface area contributed by atoms with E-state index in [1.54, 1.807) is 13.0 Å². The molecule has 22 heavy (non-hydrogen) atoms. The van der Waals surface area contributed by atoms with Crippen molar-refractivity contribution in [3.05, 3.63) is 65.7 Å². The summed E-state index contributed by atoms with van der Waals surface area (Å²) in [5, 5.41) is 18.5. The Morgan fingerprint density at radius 2 is 1.82 bits per heavy atom. The Morgan fingerprint density at radius 1 is 1.18 bits per heavy atom. The average molecular weight is 294 g/mol. The Labute approximate surface area is 130 Å². The molecule has 0 saturated heterocycles. The highest BCUT2D eigenvalue weighted by molar-refractivity contribution is 5.71. The molecule has 4 nitrogen and oxygen atoms in total. The second kappa shape index (κ2) is 7.28. The Kier molecular flexibility index (Phi) is 5.16. The van der Waals surface area contributed by atoms with Gasteiger partial charge in [0.1, 0.15) is 6.07 Å². The summed E-state index contributed by atoms with van der Waals surface area (Å²) in [6.45, 7) is 2.59. The van der Waals surface area contributed by atoms with Gasteiger partial charge in [-0.2, -0.15) is 5.26 Å². The van der Waals surface area contributed by atoms with Gasteiger partial charge in [0.2, 0.25) is 0 Å². The number of anilines is 1. The third-order valence-electron chi connectivity index (χ3n) is 3.50. The van der Waals surface area contributed by atoms with Crippen LogP contribution in [0.25, 0.3) is 0 Å². The lowest BCUT2D eigenvalue weighted by Crippen LogP contribution is -2.32. The summed E-state index contributed by atoms with van der Waals surface area (Å²) in [5.74, 6) is -1.36. The first-order valence-electron chi connectivity index (χ1n) is 7.12. The van der Waals surface area contributed by atoms with Crippen molar-refractivity contribution < 1.29 is 9.90 Å². The summed E-state index contributed by atoms with van der Waals surface area (Å²) in [6, 6.07) is 19.3. The van der Waals surface area contributed by atoms with Crippen LogP contribution in [0.2, 0.25) is 0 Å². The summed E-state index contributed by atoms with van der Waals surface area (Å²) in [7, 11) is 0. The number of benzene rings is 2. The summed E-state index contributed by atoms with van der Waals surface area (Å²) >= 11 is 0.